The zero-order chi connectivity index (χ0) is 19.1. The van der Waals surface area contributed by atoms with Crippen LogP contribution in [0.4, 0.5) is 0 Å². The van der Waals surface area contributed by atoms with Crippen molar-refractivity contribution in [2.75, 3.05) is 13.2 Å². The van der Waals surface area contributed by atoms with Gasteiger partial charge in [-0.05, 0) is 22.2 Å². The molecule has 0 N–H and O–H groups in total. The van der Waals surface area contributed by atoms with Gasteiger partial charge in [-0.1, -0.05) is 34.6 Å². The van der Waals surface area contributed by atoms with Crippen molar-refractivity contribution in [3.8, 4) is 0 Å². The van der Waals surface area contributed by atoms with E-state index in [1.807, 2.05) is 17.1 Å². The maximum atomic E-state index is 6.23. The third kappa shape index (κ3) is 4.56. The molecule has 0 aliphatic carbocycles. The van der Waals surface area contributed by atoms with E-state index in [4.69, 9.17) is 13.7 Å². The summed E-state index contributed by atoms with van der Waals surface area (Å²) in [5.74, 6) is 0. The monoisotopic (exact) mass is 366 g/mol. The Bertz CT molecular complexity index is 593. The van der Waals surface area contributed by atoms with E-state index in [1.165, 1.54) is 0 Å². The van der Waals surface area contributed by atoms with Crippen LogP contribution in [0.25, 0.3) is 0 Å². The molecule has 0 aromatic carbocycles. The van der Waals surface area contributed by atoms with Crippen molar-refractivity contribution in [1.29, 1.82) is 0 Å². The van der Waals surface area contributed by atoms with Crippen molar-refractivity contribution < 1.29 is 13.7 Å². The van der Waals surface area contributed by atoms with Gasteiger partial charge < -0.3 is 13.7 Å². The Morgan fingerprint density at radius 3 is 2.48 bits per heavy atom. The molecule has 2 rings (SSSR count). The van der Waals surface area contributed by atoms with Gasteiger partial charge in [0.15, 0.2) is 0 Å². The van der Waals surface area contributed by atoms with Gasteiger partial charge in [-0.25, -0.2) is 0 Å². The first-order valence-electron chi connectivity index (χ1n) is 9.21. The van der Waals surface area contributed by atoms with E-state index in [1.54, 1.807) is 0 Å². The van der Waals surface area contributed by atoms with Gasteiger partial charge in [0.05, 0.1) is 12.1 Å². The molecule has 0 atom stereocenters. The summed E-state index contributed by atoms with van der Waals surface area (Å²) >= 11 is 0. The maximum Gasteiger partial charge on any atom is 0.497 e. The molecule has 0 amide bonds. The van der Waals surface area contributed by atoms with Crippen molar-refractivity contribution in [3.63, 3.8) is 0 Å². The summed E-state index contributed by atoms with van der Waals surface area (Å²) in [6.45, 7) is 22.0. The van der Waals surface area contributed by atoms with E-state index in [-0.39, 0.29) is 23.2 Å². The number of aromatic nitrogens is 2. The predicted molar refractivity (Wildman–Crippen MR) is 106 cm³/mol. The lowest BCUT2D eigenvalue weighted by Gasteiger charge is -2.48. The van der Waals surface area contributed by atoms with E-state index in [0.717, 1.165) is 12.0 Å². The molecule has 1 aromatic rings. The van der Waals surface area contributed by atoms with Crippen LogP contribution in [0.1, 0.15) is 48.5 Å². The molecule has 1 aromatic heterocycles. The molecule has 0 saturated carbocycles. The first kappa shape index (κ1) is 20.7. The summed E-state index contributed by atoms with van der Waals surface area (Å²) in [4.78, 5) is 0. The molecule has 0 unspecified atom stereocenters. The fraction of sp³-hybridized carbons (Fsp3) is 0.833. The summed E-state index contributed by atoms with van der Waals surface area (Å²) in [7, 11) is -2.06. The highest BCUT2D eigenvalue weighted by Crippen LogP contribution is 2.38. The Hall–Kier alpha value is -0.628. The predicted octanol–water partition coefficient (Wildman–Crippen LogP) is 3.45. The molecule has 1 aliphatic rings. The normalized spacial score (nSPS) is 20.8. The largest absolute Gasteiger partial charge is 0.563 e. The van der Waals surface area contributed by atoms with Gasteiger partial charge in [0.25, 0.3) is 0 Å². The Morgan fingerprint density at radius 2 is 1.92 bits per heavy atom. The van der Waals surface area contributed by atoms with Crippen LogP contribution >= 0.6 is 0 Å². The maximum absolute atomic E-state index is 6.23. The molecule has 0 radical (unpaired) electrons. The van der Waals surface area contributed by atoms with Crippen molar-refractivity contribution >= 4 is 20.9 Å². The second-order valence-electron chi connectivity index (χ2n) is 9.80. The lowest BCUT2D eigenvalue weighted by atomic mass is 9.70. The second-order valence-corrected chi connectivity index (χ2v) is 14.6. The van der Waals surface area contributed by atoms with E-state index in [2.05, 4.69) is 66.7 Å². The standard InChI is InChI=1S/C18H35BN2O3Si/c1-16(2,3)25(8,9)23-11-10-21-13-15(12-20-21)19-22-14-17(4,5)18(6,7)24-19/h12-13H,10-11,14H2,1-9H3/q-1. The van der Waals surface area contributed by atoms with Gasteiger partial charge in [-0.2, -0.15) is 5.10 Å². The highest BCUT2D eigenvalue weighted by atomic mass is 28.4. The smallest absolute Gasteiger partial charge is 0.497 e. The summed E-state index contributed by atoms with van der Waals surface area (Å²) in [5, 5.41) is 4.68. The SMILES string of the molecule is CC1(C)COB(c2cnn(CCO[Si-](C)(C)C(C)(C)C)c2)OC1(C)C. The van der Waals surface area contributed by atoms with Crippen LogP contribution in [0.15, 0.2) is 12.4 Å². The average molecular weight is 366 g/mol. The number of nitrogens with zero attached hydrogens (tertiary/aromatic N) is 2. The second kappa shape index (κ2) is 6.83. The van der Waals surface area contributed by atoms with E-state index < -0.39 is 8.32 Å². The number of hydrogen-bond acceptors (Lipinski definition) is 4. The topological polar surface area (TPSA) is 45.5 Å². The van der Waals surface area contributed by atoms with Crippen molar-refractivity contribution in [2.24, 2.45) is 5.41 Å². The van der Waals surface area contributed by atoms with Crippen molar-refractivity contribution in [2.45, 2.75) is 78.7 Å². The molecule has 143 valence electrons. The molecule has 1 aliphatic heterocycles. The van der Waals surface area contributed by atoms with Gasteiger partial charge in [0.2, 0.25) is 0 Å². The molecule has 25 heavy (non-hydrogen) atoms. The van der Waals surface area contributed by atoms with Gasteiger partial charge in [-0.15, -0.1) is 18.1 Å². The van der Waals surface area contributed by atoms with Crippen LogP contribution in [0, 0.1) is 5.41 Å². The van der Waals surface area contributed by atoms with Crippen LogP contribution in [0.3, 0.4) is 0 Å². The Kier molecular flexibility index (Phi) is 5.65. The third-order valence-corrected chi connectivity index (χ3v) is 10.7. The Labute approximate surface area is 154 Å². The molecule has 1 saturated heterocycles. The molecular weight excluding hydrogens is 331 g/mol. The average Bonchev–Trinajstić information content (AvgIpc) is 2.89. The molecule has 0 bridgehead atoms. The number of rotatable bonds is 5. The first-order chi connectivity index (χ1) is 11.3. The fourth-order valence-corrected chi connectivity index (χ4v) is 3.35. The number of hydrogen-bond donors (Lipinski definition) is 0. The molecule has 0 spiro atoms. The van der Waals surface area contributed by atoms with Gasteiger partial charge in [0.1, 0.15) is 0 Å². The first-order valence-corrected chi connectivity index (χ1v) is 12.1. The van der Waals surface area contributed by atoms with Crippen LogP contribution < -0.4 is 5.46 Å². The highest BCUT2D eigenvalue weighted by molar-refractivity contribution is 6.74. The zero-order valence-corrected chi connectivity index (χ0v) is 18.5. The minimum atomic E-state index is -1.71. The summed E-state index contributed by atoms with van der Waals surface area (Å²) in [6, 6.07) is 0. The quantitative estimate of drug-likeness (QED) is 0.749. The third-order valence-electron chi connectivity index (χ3n) is 6.14. The molecule has 1 fully saturated rings. The summed E-state index contributed by atoms with van der Waals surface area (Å²) in [6.07, 6.45) is 3.85. The summed E-state index contributed by atoms with van der Waals surface area (Å²) in [5.41, 5.74) is 0.704. The lowest BCUT2D eigenvalue weighted by molar-refractivity contribution is -0.0937. The molecule has 5 nitrogen and oxygen atoms in total. The minimum Gasteiger partial charge on any atom is -0.563 e. The molecule has 7 heteroatoms. The van der Waals surface area contributed by atoms with E-state index in [0.29, 0.717) is 13.2 Å². The van der Waals surface area contributed by atoms with Crippen LogP contribution in [0.5, 0.6) is 0 Å². The highest BCUT2D eigenvalue weighted by Gasteiger charge is 2.47. The van der Waals surface area contributed by atoms with E-state index in [9.17, 15) is 0 Å². The van der Waals surface area contributed by atoms with Crippen LogP contribution in [-0.2, 0) is 20.3 Å². The van der Waals surface area contributed by atoms with E-state index >= 15 is 0 Å². The van der Waals surface area contributed by atoms with Crippen molar-refractivity contribution in [3.05, 3.63) is 12.4 Å². The van der Waals surface area contributed by atoms with Gasteiger partial charge in [0, 0.05) is 36.5 Å². The summed E-state index contributed by atoms with van der Waals surface area (Å²) < 4.78 is 20.3. The molecule has 2 heterocycles. The Balaban J connectivity index is 1.93. The van der Waals surface area contributed by atoms with Crippen LogP contribution in [-0.4, -0.2) is 44.0 Å². The van der Waals surface area contributed by atoms with Crippen molar-refractivity contribution in [1.82, 2.24) is 9.78 Å². The van der Waals surface area contributed by atoms with Crippen LogP contribution in [0.2, 0.25) is 18.1 Å². The zero-order valence-electron chi connectivity index (χ0n) is 17.5. The van der Waals surface area contributed by atoms with Gasteiger partial charge in [-0.3, -0.25) is 4.68 Å². The fourth-order valence-electron chi connectivity index (χ4n) is 2.32. The minimum absolute atomic E-state index is 0.0174. The lowest BCUT2D eigenvalue weighted by Crippen LogP contribution is -2.58. The Morgan fingerprint density at radius 1 is 1.28 bits per heavy atom. The van der Waals surface area contributed by atoms with Gasteiger partial charge >= 0.3 is 7.12 Å². The molecular formula is C18H35BN2O3Si-.